The van der Waals surface area contributed by atoms with Gasteiger partial charge in [0.2, 0.25) is 5.95 Å². The van der Waals surface area contributed by atoms with Crippen molar-refractivity contribution in [2.75, 3.05) is 5.73 Å². The maximum atomic E-state index is 10.7. The van der Waals surface area contributed by atoms with Crippen molar-refractivity contribution in [3.8, 4) is 0 Å². The first-order valence-corrected chi connectivity index (χ1v) is 3.24. The number of anilines is 1. The number of nitrogens with two attached hydrogens (primary N) is 3. The molecule has 7 heteroatoms. The number of aromatic nitrogens is 2. The Balaban J connectivity index is 3.35. The lowest BCUT2D eigenvalue weighted by Crippen LogP contribution is -2.23. The summed E-state index contributed by atoms with van der Waals surface area (Å²) < 4.78 is 0. The molecule has 6 N–H and O–H groups in total. The Hall–Kier alpha value is -2.18. The number of hydrogen-bond donors (Lipinski definition) is 3. The van der Waals surface area contributed by atoms with Gasteiger partial charge in [-0.25, -0.2) is 9.97 Å². The van der Waals surface area contributed by atoms with Gasteiger partial charge in [-0.2, -0.15) is 0 Å². The molecule has 0 bridgehead atoms. The van der Waals surface area contributed by atoms with E-state index < -0.39 is 11.8 Å². The van der Waals surface area contributed by atoms with Gasteiger partial charge in [0, 0.05) is 6.20 Å². The second-order valence-electron chi connectivity index (χ2n) is 2.22. The SMILES string of the molecule is NC(=O)c1cnc(N)nc1C(N)=O. The molecule has 1 aromatic rings. The third-order valence-electron chi connectivity index (χ3n) is 1.31. The minimum absolute atomic E-state index is 0.137. The Morgan fingerprint density at radius 1 is 1.23 bits per heavy atom. The van der Waals surface area contributed by atoms with Crippen LogP contribution in [0.25, 0.3) is 0 Å². The molecule has 0 aliphatic heterocycles. The molecule has 0 saturated heterocycles. The molecule has 0 atom stereocenters. The van der Waals surface area contributed by atoms with Gasteiger partial charge in [0.25, 0.3) is 11.8 Å². The number of primary amides is 2. The van der Waals surface area contributed by atoms with Gasteiger partial charge in [-0.05, 0) is 0 Å². The summed E-state index contributed by atoms with van der Waals surface area (Å²) in [6, 6.07) is 0. The first kappa shape index (κ1) is 8.91. The van der Waals surface area contributed by atoms with E-state index in [-0.39, 0.29) is 17.2 Å². The van der Waals surface area contributed by atoms with E-state index in [9.17, 15) is 9.59 Å². The smallest absolute Gasteiger partial charge is 0.268 e. The fourth-order valence-electron chi connectivity index (χ4n) is 0.764. The van der Waals surface area contributed by atoms with Gasteiger partial charge < -0.3 is 17.2 Å². The van der Waals surface area contributed by atoms with Crippen molar-refractivity contribution < 1.29 is 9.59 Å². The second kappa shape index (κ2) is 3.05. The Morgan fingerprint density at radius 2 is 1.85 bits per heavy atom. The highest BCUT2D eigenvalue weighted by molar-refractivity contribution is 6.04. The molecule has 0 fully saturated rings. The highest BCUT2D eigenvalue weighted by Gasteiger charge is 2.15. The third-order valence-corrected chi connectivity index (χ3v) is 1.31. The molecule has 0 saturated carbocycles. The van der Waals surface area contributed by atoms with Crippen LogP contribution in [-0.4, -0.2) is 21.8 Å². The van der Waals surface area contributed by atoms with E-state index >= 15 is 0 Å². The fourth-order valence-corrected chi connectivity index (χ4v) is 0.764. The maximum Gasteiger partial charge on any atom is 0.268 e. The normalized spacial score (nSPS) is 9.54. The molecule has 1 rings (SSSR count). The number of nitrogen functional groups attached to an aromatic ring is 1. The molecule has 0 aliphatic rings. The average molecular weight is 181 g/mol. The van der Waals surface area contributed by atoms with Crippen LogP contribution in [0.15, 0.2) is 6.20 Å². The van der Waals surface area contributed by atoms with Gasteiger partial charge in [0.1, 0.15) is 5.69 Å². The summed E-state index contributed by atoms with van der Waals surface area (Å²) in [5.41, 5.74) is 14.6. The quantitative estimate of drug-likeness (QED) is 0.496. The molecule has 0 spiro atoms. The molecular formula is C6H7N5O2. The molecule has 0 radical (unpaired) electrons. The zero-order valence-corrected chi connectivity index (χ0v) is 6.52. The molecule has 7 nitrogen and oxygen atoms in total. The lowest BCUT2D eigenvalue weighted by atomic mass is 10.2. The van der Waals surface area contributed by atoms with Crippen molar-refractivity contribution in [2.45, 2.75) is 0 Å². The molecule has 2 amide bonds. The van der Waals surface area contributed by atoms with Crippen LogP contribution in [0, 0.1) is 0 Å². The lowest BCUT2D eigenvalue weighted by Gasteiger charge is -2.01. The van der Waals surface area contributed by atoms with Crippen molar-refractivity contribution in [2.24, 2.45) is 11.5 Å². The topological polar surface area (TPSA) is 138 Å². The molecule has 1 heterocycles. The van der Waals surface area contributed by atoms with Gasteiger partial charge in [-0.3, -0.25) is 9.59 Å². The summed E-state index contributed by atoms with van der Waals surface area (Å²) in [5, 5.41) is 0. The van der Waals surface area contributed by atoms with Crippen LogP contribution < -0.4 is 17.2 Å². The van der Waals surface area contributed by atoms with Crippen LogP contribution in [0.1, 0.15) is 20.8 Å². The molecule has 13 heavy (non-hydrogen) atoms. The van der Waals surface area contributed by atoms with Gasteiger partial charge in [-0.1, -0.05) is 0 Å². The molecule has 1 aromatic heterocycles. The first-order valence-electron chi connectivity index (χ1n) is 3.24. The van der Waals surface area contributed by atoms with Crippen molar-refractivity contribution >= 4 is 17.8 Å². The largest absolute Gasteiger partial charge is 0.368 e. The van der Waals surface area contributed by atoms with Crippen LogP contribution in [0.5, 0.6) is 0 Å². The lowest BCUT2D eigenvalue weighted by molar-refractivity contribution is 0.0963. The van der Waals surface area contributed by atoms with E-state index in [1.54, 1.807) is 0 Å². The highest BCUT2D eigenvalue weighted by atomic mass is 16.2. The van der Waals surface area contributed by atoms with Crippen LogP contribution in [0.4, 0.5) is 5.95 Å². The van der Waals surface area contributed by atoms with Crippen LogP contribution in [-0.2, 0) is 0 Å². The minimum Gasteiger partial charge on any atom is -0.368 e. The van der Waals surface area contributed by atoms with Gasteiger partial charge in [-0.15, -0.1) is 0 Å². The van der Waals surface area contributed by atoms with Gasteiger partial charge in [0.05, 0.1) is 5.56 Å². The Bertz CT molecular complexity index is 375. The second-order valence-corrected chi connectivity index (χ2v) is 2.22. The summed E-state index contributed by atoms with van der Waals surface area (Å²) in [7, 11) is 0. The third kappa shape index (κ3) is 1.70. The number of carbonyl (C=O) groups is 2. The van der Waals surface area contributed by atoms with E-state index in [1.807, 2.05) is 0 Å². The Morgan fingerprint density at radius 3 is 2.31 bits per heavy atom. The molecule has 68 valence electrons. The molecule has 0 unspecified atom stereocenters. The molecule has 0 aromatic carbocycles. The van der Waals surface area contributed by atoms with E-state index in [0.29, 0.717) is 0 Å². The summed E-state index contributed by atoms with van der Waals surface area (Å²) >= 11 is 0. The Kier molecular flexibility index (Phi) is 2.09. The predicted octanol–water partition coefficient (Wildman–Crippen LogP) is -1.74. The van der Waals surface area contributed by atoms with E-state index in [0.717, 1.165) is 6.20 Å². The first-order chi connectivity index (χ1) is 6.02. The summed E-state index contributed by atoms with van der Waals surface area (Å²) in [5.74, 6) is -1.84. The Labute approximate surface area is 72.9 Å². The predicted molar refractivity (Wildman–Crippen MR) is 43.5 cm³/mol. The maximum absolute atomic E-state index is 10.7. The number of nitrogens with zero attached hydrogens (tertiary/aromatic N) is 2. The number of rotatable bonds is 2. The van der Waals surface area contributed by atoms with E-state index in [2.05, 4.69) is 9.97 Å². The number of amides is 2. The van der Waals surface area contributed by atoms with Gasteiger partial charge >= 0.3 is 0 Å². The van der Waals surface area contributed by atoms with Crippen molar-refractivity contribution in [1.82, 2.24) is 9.97 Å². The number of carbonyl (C=O) groups excluding carboxylic acids is 2. The summed E-state index contributed by atoms with van der Waals surface area (Å²) in [4.78, 5) is 28.5. The zero-order chi connectivity index (χ0) is 10.0. The summed E-state index contributed by atoms with van der Waals surface area (Å²) in [6.45, 7) is 0. The average Bonchev–Trinajstić information content (AvgIpc) is 2.03. The van der Waals surface area contributed by atoms with Crippen LogP contribution >= 0.6 is 0 Å². The monoisotopic (exact) mass is 181 g/mol. The van der Waals surface area contributed by atoms with Crippen LogP contribution in [0.3, 0.4) is 0 Å². The van der Waals surface area contributed by atoms with Gasteiger partial charge in [0.15, 0.2) is 0 Å². The van der Waals surface area contributed by atoms with Crippen molar-refractivity contribution in [3.05, 3.63) is 17.5 Å². The van der Waals surface area contributed by atoms with Crippen molar-refractivity contribution in [3.63, 3.8) is 0 Å². The number of hydrogen-bond acceptors (Lipinski definition) is 5. The summed E-state index contributed by atoms with van der Waals surface area (Å²) in [6.07, 6.45) is 1.06. The minimum atomic E-state index is -0.872. The van der Waals surface area contributed by atoms with E-state index in [4.69, 9.17) is 17.2 Å². The molecule has 0 aliphatic carbocycles. The highest BCUT2D eigenvalue weighted by Crippen LogP contribution is 2.04. The zero-order valence-electron chi connectivity index (χ0n) is 6.52. The van der Waals surface area contributed by atoms with E-state index in [1.165, 1.54) is 0 Å². The fraction of sp³-hybridized carbons (Fsp3) is 0. The van der Waals surface area contributed by atoms with Crippen LogP contribution in [0.2, 0.25) is 0 Å². The van der Waals surface area contributed by atoms with Crippen molar-refractivity contribution in [1.29, 1.82) is 0 Å². The molecular weight excluding hydrogens is 174 g/mol. The standard InChI is InChI=1S/C6H7N5O2/c7-4(12)2-1-10-6(9)11-3(2)5(8)13/h1H,(H2,7,12)(H2,8,13)(H2,9,10,11).